The van der Waals surface area contributed by atoms with Crippen LogP contribution in [0.3, 0.4) is 0 Å². The second-order valence-corrected chi connectivity index (χ2v) is 4.40. The fraction of sp³-hybridized carbons (Fsp3) is 0.250. The largest absolute Gasteiger partial charge is 0.325 e. The van der Waals surface area contributed by atoms with Crippen LogP contribution in [-0.2, 0) is 0 Å². The summed E-state index contributed by atoms with van der Waals surface area (Å²) in [6, 6.07) is 13.7. The second-order valence-electron chi connectivity index (χ2n) is 4.40. The Kier molecular flexibility index (Phi) is 4.71. The summed E-state index contributed by atoms with van der Waals surface area (Å²) in [5.74, 6) is 0.571. The third-order valence-corrected chi connectivity index (χ3v) is 3.16. The lowest BCUT2D eigenvalue weighted by Crippen LogP contribution is -2.34. The maximum atomic E-state index is 11.9. The Bertz CT molecular complexity index is 548. The Morgan fingerprint density at radius 1 is 1.05 bits per heavy atom. The molecule has 4 nitrogen and oxygen atoms in total. The molecule has 0 atom stereocenters. The van der Waals surface area contributed by atoms with Crippen molar-refractivity contribution in [1.82, 2.24) is 9.88 Å². The monoisotopic (exact) mass is 269 g/mol. The van der Waals surface area contributed by atoms with Gasteiger partial charge in [-0.15, -0.1) is 0 Å². The Morgan fingerprint density at radius 3 is 2.30 bits per heavy atom. The van der Waals surface area contributed by atoms with E-state index in [0.717, 1.165) is 11.1 Å². The van der Waals surface area contributed by atoms with Gasteiger partial charge in [-0.1, -0.05) is 30.3 Å². The molecular formula is C16H19N3O. The summed E-state index contributed by atoms with van der Waals surface area (Å²) < 4.78 is 0. The van der Waals surface area contributed by atoms with E-state index in [1.54, 1.807) is 11.1 Å². The average molecular weight is 269 g/mol. The fourth-order valence-corrected chi connectivity index (χ4v) is 1.97. The van der Waals surface area contributed by atoms with Crippen LogP contribution in [0.2, 0.25) is 0 Å². The maximum Gasteiger partial charge on any atom is 0.322 e. The predicted molar refractivity (Wildman–Crippen MR) is 81.6 cm³/mol. The van der Waals surface area contributed by atoms with E-state index < -0.39 is 0 Å². The van der Waals surface area contributed by atoms with Crippen LogP contribution < -0.4 is 5.32 Å². The third-order valence-electron chi connectivity index (χ3n) is 3.16. The molecule has 0 unspecified atom stereocenters. The van der Waals surface area contributed by atoms with Gasteiger partial charge in [0.2, 0.25) is 0 Å². The minimum atomic E-state index is -0.116. The number of amides is 2. The molecule has 0 radical (unpaired) electrons. The van der Waals surface area contributed by atoms with Gasteiger partial charge in [-0.05, 0) is 31.5 Å². The number of pyridine rings is 1. The van der Waals surface area contributed by atoms with E-state index in [4.69, 9.17) is 0 Å². The van der Waals surface area contributed by atoms with Crippen LogP contribution in [0.15, 0.2) is 48.7 Å². The molecule has 0 aliphatic rings. The van der Waals surface area contributed by atoms with Gasteiger partial charge in [0.1, 0.15) is 5.82 Å². The van der Waals surface area contributed by atoms with Gasteiger partial charge in [0.25, 0.3) is 0 Å². The third kappa shape index (κ3) is 3.35. The van der Waals surface area contributed by atoms with Crippen molar-refractivity contribution in [2.45, 2.75) is 13.8 Å². The number of nitrogens with zero attached hydrogens (tertiary/aromatic N) is 2. The van der Waals surface area contributed by atoms with Gasteiger partial charge in [0, 0.05) is 24.8 Å². The average Bonchev–Trinajstić information content (AvgIpc) is 2.50. The Morgan fingerprint density at radius 2 is 1.75 bits per heavy atom. The van der Waals surface area contributed by atoms with Crippen molar-refractivity contribution >= 4 is 11.8 Å². The number of benzene rings is 1. The van der Waals surface area contributed by atoms with Gasteiger partial charge >= 0.3 is 6.03 Å². The van der Waals surface area contributed by atoms with E-state index in [1.165, 1.54) is 0 Å². The minimum absolute atomic E-state index is 0.116. The van der Waals surface area contributed by atoms with Gasteiger partial charge in [-0.25, -0.2) is 9.78 Å². The molecule has 1 N–H and O–H groups in total. The fourth-order valence-electron chi connectivity index (χ4n) is 1.97. The number of carbonyl (C=O) groups is 1. The van der Waals surface area contributed by atoms with E-state index in [9.17, 15) is 4.79 Å². The zero-order chi connectivity index (χ0) is 14.4. The number of carbonyl (C=O) groups excluding carboxylic acids is 1. The molecule has 104 valence electrons. The number of aromatic nitrogens is 1. The summed E-state index contributed by atoms with van der Waals surface area (Å²) in [7, 11) is 0. The van der Waals surface area contributed by atoms with Crippen molar-refractivity contribution < 1.29 is 4.79 Å². The van der Waals surface area contributed by atoms with E-state index in [0.29, 0.717) is 18.9 Å². The summed E-state index contributed by atoms with van der Waals surface area (Å²) in [5.41, 5.74) is 2.15. The van der Waals surface area contributed by atoms with Crippen LogP contribution in [0, 0.1) is 0 Å². The first-order chi connectivity index (χ1) is 9.74. The molecule has 0 spiro atoms. The zero-order valence-electron chi connectivity index (χ0n) is 11.8. The summed E-state index contributed by atoms with van der Waals surface area (Å²) in [4.78, 5) is 17.9. The summed E-state index contributed by atoms with van der Waals surface area (Å²) >= 11 is 0. The molecular weight excluding hydrogens is 250 g/mol. The molecule has 0 saturated carbocycles. The van der Waals surface area contributed by atoms with Crippen molar-refractivity contribution in [2.24, 2.45) is 0 Å². The molecule has 4 heteroatoms. The van der Waals surface area contributed by atoms with Crippen molar-refractivity contribution in [3.63, 3.8) is 0 Å². The zero-order valence-corrected chi connectivity index (χ0v) is 11.8. The Hall–Kier alpha value is -2.36. The molecule has 2 rings (SSSR count). The molecule has 0 aliphatic heterocycles. The minimum Gasteiger partial charge on any atom is -0.325 e. The van der Waals surface area contributed by atoms with Crippen molar-refractivity contribution in [3.8, 4) is 11.1 Å². The molecule has 0 aliphatic carbocycles. The molecule has 0 saturated heterocycles. The van der Waals surface area contributed by atoms with Crippen LogP contribution in [0.5, 0.6) is 0 Å². The first kappa shape index (κ1) is 14.1. The first-order valence-corrected chi connectivity index (χ1v) is 6.82. The molecule has 2 amide bonds. The molecule has 1 aromatic heterocycles. The number of nitrogens with one attached hydrogen (secondary N) is 1. The smallest absolute Gasteiger partial charge is 0.322 e. The molecule has 1 heterocycles. The van der Waals surface area contributed by atoms with Crippen molar-refractivity contribution in [2.75, 3.05) is 18.4 Å². The highest BCUT2D eigenvalue weighted by atomic mass is 16.2. The summed E-state index contributed by atoms with van der Waals surface area (Å²) in [6.45, 7) is 5.28. The molecule has 0 fully saturated rings. The van der Waals surface area contributed by atoms with Crippen LogP contribution in [0.1, 0.15) is 13.8 Å². The number of rotatable bonds is 4. The summed E-state index contributed by atoms with van der Waals surface area (Å²) in [5, 5.41) is 2.80. The first-order valence-electron chi connectivity index (χ1n) is 6.82. The van der Waals surface area contributed by atoms with E-state index in [-0.39, 0.29) is 6.03 Å². The lowest BCUT2D eigenvalue weighted by molar-refractivity contribution is 0.217. The topological polar surface area (TPSA) is 45.2 Å². The number of urea groups is 1. The van der Waals surface area contributed by atoms with Gasteiger partial charge in [-0.2, -0.15) is 0 Å². The highest BCUT2D eigenvalue weighted by molar-refractivity contribution is 5.88. The second kappa shape index (κ2) is 6.70. The number of hydrogen-bond donors (Lipinski definition) is 1. The summed E-state index contributed by atoms with van der Waals surface area (Å²) in [6.07, 6.45) is 1.77. The van der Waals surface area contributed by atoms with Crippen molar-refractivity contribution in [3.05, 3.63) is 48.7 Å². The Labute approximate surface area is 119 Å². The number of anilines is 1. The Balaban J connectivity index is 2.07. The standard InChI is InChI=1S/C16H19N3O/c1-3-19(4-2)16(20)18-15-11-10-14(12-17-15)13-8-6-5-7-9-13/h5-12H,3-4H2,1-2H3,(H,17,18,20). The molecule has 1 aromatic carbocycles. The van der Waals surface area contributed by atoms with Crippen LogP contribution in [0.25, 0.3) is 11.1 Å². The van der Waals surface area contributed by atoms with Gasteiger partial charge in [0.05, 0.1) is 0 Å². The van der Waals surface area contributed by atoms with Crippen LogP contribution in [-0.4, -0.2) is 29.0 Å². The SMILES string of the molecule is CCN(CC)C(=O)Nc1ccc(-c2ccccc2)cn1. The highest BCUT2D eigenvalue weighted by Gasteiger charge is 2.09. The quantitative estimate of drug-likeness (QED) is 0.921. The molecule has 2 aromatic rings. The van der Waals surface area contributed by atoms with E-state index in [1.807, 2.05) is 56.3 Å². The molecule has 0 bridgehead atoms. The van der Waals surface area contributed by atoms with E-state index >= 15 is 0 Å². The maximum absolute atomic E-state index is 11.9. The van der Waals surface area contributed by atoms with E-state index in [2.05, 4.69) is 10.3 Å². The van der Waals surface area contributed by atoms with Gasteiger partial charge in [-0.3, -0.25) is 5.32 Å². The van der Waals surface area contributed by atoms with Crippen LogP contribution in [0.4, 0.5) is 10.6 Å². The highest BCUT2D eigenvalue weighted by Crippen LogP contribution is 2.19. The lowest BCUT2D eigenvalue weighted by Gasteiger charge is -2.18. The number of hydrogen-bond acceptors (Lipinski definition) is 2. The van der Waals surface area contributed by atoms with Gasteiger partial charge in [0.15, 0.2) is 0 Å². The predicted octanol–water partition coefficient (Wildman–Crippen LogP) is 3.62. The van der Waals surface area contributed by atoms with Crippen molar-refractivity contribution in [1.29, 1.82) is 0 Å². The van der Waals surface area contributed by atoms with Crippen LogP contribution >= 0.6 is 0 Å². The molecule has 20 heavy (non-hydrogen) atoms. The normalized spacial score (nSPS) is 10.1. The van der Waals surface area contributed by atoms with Gasteiger partial charge < -0.3 is 4.90 Å². The lowest BCUT2D eigenvalue weighted by atomic mass is 10.1.